The van der Waals surface area contributed by atoms with Crippen molar-refractivity contribution in [2.45, 2.75) is 41.0 Å². The molecule has 0 aliphatic heterocycles. The Hall–Kier alpha value is -1.04. The van der Waals surface area contributed by atoms with E-state index in [4.69, 9.17) is 0 Å². The van der Waals surface area contributed by atoms with Crippen LogP contribution in [0, 0.1) is 5.92 Å². The zero-order valence-corrected chi connectivity index (χ0v) is 10.9. The molecule has 0 radical (unpaired) electrons. The van der Waals surface area contributed by atoms with Crippen molar-refractivity contribution in [3.8, 4) is 0 Å². The maximum atomic E-state index is 4.11. The van der Waals surface area contributed by atoms with E-state index in [0.717, 1.165) is 12.0 Å². The summed E-state index contributed by atoms with van der Waals surface area (Å²) >= 11 is 0. The maximum absolute atomic E-state index is 4.11. The molecular formula is C15H24. The Kier molecular flexibility index (Phi) is 6.00. The maximum Gasteiger partial charge on any atom is -0.00679 e. The summed E-state index contributed by atoms with van der Waals surface area (Å²) in [5, 5.41) is 0. The average molecular weight is 204 g/mol. The topological polar surface area (TPSA) is 0 Å². The minimum Gasteiger partial charge on any atom is -0.0993 e. The highest BCUT2D eigenvalue weighted by molar-refractivity contribution is 5.32. The van der Waals surface area contributed by atoms with E-state index < -0.39 is 0 Å². The minimum atomic E-state index is 0.553. The van der Waals surface area contributed by atoms with Crippen molar-refractivity contribution >= 4 is 0 Å². The molecule has 0 bridgehead atoms. The number of allylic oxidation sites excluding steroid dienone is 6. The summed E-state index contributed by atoms with van der Waals surface area (Å²) in [6.07, 6.45) is 5.20. The van der Waals surface area contributed by atoms with Crippen LogP contribution in [0.4, 0.5) is 0 Å². The molecule has 0 unspecified atom stereocenters. The first-order valence-electron chi connectivity index (χ1n) is 5.52. The first-order valence-corrected chi connectivity index (χ1v) is 5.52. The van der Waals surface area contributed by atoms with E-state index >= 15 is 0 Å². The fraction of sp³-hybridized carbons (Fsp3) is 0.467. The van der Waals surface area contributed by atoms with E-state index in [9.17, 15) is 0 Å². The smallest absolute Gasteiger partial charge is 0.00679 e. The molecule has 15 heavy (non-hydrogen) atoms. The van der Waals surface area contributed by atoms with Crippen molar-refractivity contribution in [3.05, 3.63) is 47.6 Å². The van der Waals surface area contributed by atoms with E-state index in [-0.39, 0.29) is 0 Å². The molecule has 0 spiro atoms. The lowest BCUT2D eigenvalue weighted by atomic mass is 9.94. The molecule has 0 aromatic rings. The Morgan fingerprint density at radius 3 is 1.93 bits per heavy atom. The van der Waals surface area contributed by atoms with Crippen LogP contribution in [0.1, 0.15) is 41.0 Å². The summed E-state index contributed by atoms with van der Waals surface area (Å²) in [4.78, 5) is 0. The van der Waals surface area contributed by atoms with Crippen molar-refractivity contribution in [2.24, 2.45) is 5.92 Å². The molecule has 0 saturated heterocycles. The van der Waals surface area contributed by atoms with Crippen LogP contribution in [0.25, 0.3) is 0 Å². The van der Waals surface area contributed by atoms with Crippen LogP contribution in [-0.4, -0.2) is 0 Å². The van der Waals surface area contributed by atoms with E-state index in [1.807, 2.05) is 6.92 Å². The van der Waals surface area contributed by atoms with Gasteiger partial charge in [-0.15, -0.1) is 0 Å². The molecule has 0 aliphatic rings. The molecule has 0 aromatic carbocycles. The van der Waals surface area contributed by atoms with Crippen LogP contribution >= 0.6 is 0 Å². The molecule has 0 aliphatic carbocycles. The van der Waals surface area contributed by atoms with Gasteiger partial charge in [-0.1, -0.05) is 55.9 Å². The van der Waals surface area contributed by atoms with Gasteiger partial charge in [0.15, 0.2) is 0 Å². The number of rotatable bonds is 5. The first-order chi connectivity index (χ1) is 6.84. The Balaban J connectivity index is 4.67. The molecule has 0 heteroatoms. The molecule has 0 rings (SSSR count). The van der Waals surface area contributed by atoms with Crippen molar-refractivity contribution < 1.29 is 0 Å². The fourth-order valence-corrected chi connectivity index (χ4v) is 1.09. The van der Waals surface area contributed by atoms with Crippen molar-refractivity contribution in [1.29, 1.82) is 0 Å². The Morgan fingerprint density at radius 1 is 1.07 bits per heavy atom. The predicted octanol–water partition coefficient (Wildman–Crippen LogP) is 5.06. The SMILES string of the molecule is C=C(C)C=CC(CC(=C)C(C)C)=C(C)C. The standard InChI is InChI=1S/C15H24/c1-11(2)8-9-15(13(5)6)10-14(7)12(3)4/h8-9,12H,1,7,10H2,2-6H3. The molecule has 0 aromatic heterocycles. The summed E-state index contributed by atoms with van der Waals surface area (Å²) in [6, 6.07) is 0. The molecule has 0 heterocycles. The summed E-state index contributed by atoms with van der Waals surface area (Å²) < 4.78 is 0. The van der Waals surface area contributed by atoms with Gasteiger partial charge in [-0.25, -0.2) is 0 Å². The van der Waals surface area contributed by atoms with Gasteiger partial charge in [-0.2, -0.15) is 0 Å². The molecule has 0 fully saturated rings. The van der Waals surface area contributed by atoms with E-state index in [1.165, 1.54) is 16.7 Å². The molecule has 84 valence electrons. The highest BCUT2D eigenvalue weighted by atomic mass is 14.1. The summed E-state index contributed by atoms with van der Waals surface area (Å²) in [6.45, 7) is 18.7. The third-order valence-corrected chi connectivity index (χ3v) is 2.45. The lowest BCUT2D eigenvalue weighted by Crippen LogP contribution is -1.95. The Labute approximate surface area is 95.1 Å². The molecule has 0 N–H and O–H groups in total. The zero-order chi connectivity index (χ0) is 12.0. The average Bonchev–Trinajstić information content (AvgIpc) is 2.10. The van der Waals surface area contributed by atoms with Crippen molar-refractivity contribution in [1.82, 2.24) is 0 Å². The number of hydrogen-bond donors (Lipinski definition) is 0. The quantitative estimate of drug-likeness (QED) is 0.434. The van der Waals surface area contributed by atoms with E-state index in [0.29, 0.717) is 5.92 Å². The monoisotopic (exact) mass is 204 g/mol. The fourth-order valence-electron chi connectivity index (χ4n) is 1.09. The summed E-state index contributed by atoms with van der Waals surface area (Å²) in [7, 11) is 0. The van der Waals surface area contributed by atoms with Gasteiger partial charge in [0.1, 0.15) is 0 Å². The first kappa shape index (κ1) is 14.0. The van der Waals surface area contributed by atoms with Gasteiger partial charge < -0.3 is 0 Å². The normalized spacial score (nSPS) is 10.8. The Bertz CT molecular complexity index is 294. The van der Waals surface area contributed by atoms with Crippen LogP contribution in [0.2, 0.25) is 0 Å². The van der Waals surface area contributed by atoms with Crippen molar-refractivity contribution in [3.63, 3.8) is 0 Å². The van der Waals surface area contributed by atoms with Gasteiger partial charge in [0, 0.05) is 0 Å². The van der Waals surface area contributed by atoms with Crippen LogP contribution in [0.5, 0.6) is 0 Å². The van der Waals surface area contributed by atoms with Crippen LogP contribution in [0.15, 0.2) is 47.6 Å². The molecule has 0 atom stereocenters. The highest BCUT2D eigenvalue weighted by Crippen LogP contribution is 2.21. The van der Waals surface area contributed by atoms with E-state index in [2.05, 4.69) is 53.0 Å². The van der Waals surface area contributed by atoms with Gasteiger partial charge in [-0.3, -0.25) is 0 Å². The van der Waals surface area contributed by atoms with Gasteiger partial charge in [0.25, 0.3) is 0 Å². The van der Waals surface area contributed by atoms with Crippen LogP contribution in [0.3, 0.4) is 0 Å². The molecule has 0 saturated carbocycles. The minimum absolute atomic E-state index is 0.553. The lowest BCUT2D eigenvalue weighted by molar-refractivity contribution is 0.744. The molecular weight excluding hydrogens is 180 g/mol. The Morgan fingerprint density at radius 2 is 1.60 bits per heavy atom. The predicted molar refractivity (Wildman–Crippen MR) is 70.9 cm³/mol. The van der Waals surface area contributed by atoms with Gasteiger partial charge in [-0.05, 0) is 38.7 Å². The zero-order valence-electron chi connectivity index (χ0n) is 10.9. The van der Waals surface area contributed by atoms with Crippen LogP contribution in [-0.2, 0) is 0 Å². The van der Waals surface area contributed by atoms with E-state index in [1.54, 1.807) is 0 Å². The van der Waals surface area contributed by atoms with Gasteiger partial charge in [0.2, 0.25) is 0 Å². The van der Waals surface area contributed by atoms with Crippen LogP contribution < -0.4 is 0 Å². The second-order valence-electron chi connectivity index (χ2n) is 4.69. The lowest BCUT2D eigenvalue weighted by Gasteiger charge is -2.11. The second kappa shape index (κ2) is 6.44. The summed E-state index contributed by atoms with van der Waals surface area (Å²) in [5.41, 5.74) is 5.09. The molecule has 0 nitrogen and oxygen atoms in total. The summed E-state index contributed by atoms with van der Waals surface area (Å²) in [5.74, 6) is 0.553. The van der Waals surface area contributed by atoms with Gasteiger partial charge in [0.05, 0.1) is 0 Å². The molecule has 0 amide bonds. The third-order valence-electron chi connectivity index (χ3n) is 2.45. The third kappa shape index (κ3) is 6.11. The highest BCUT2D eigenvalue weighted by Gasteiger charge is 2.03. The largest absolute Gasteiger partial charge is 0.0993 e. The second-order valence-corrected chi connectivity index (χ2v) is 4.69. The number of hydrogen-bond acceptors (Lipinski definition) is 0. The van der Waals surface area contributed by atoms with Crippen molar-refractivity contribution in [2.75, 3.05) is 0 Å². The van der Waals surface area contributed by atoms with Gasteiger partial charge >= 0.3 is 0 Å².